The van der Waals surface area contributed by atoms with E-state index >= 15 is 0 Å². The first-order chi connectivity index (χ1) is 6.79. The zero-order chi connectivity index (χ0) is 9.97. The number of likely N-dealkylation sites (N-methyl/N-ethyl adjacent to an activating group) is 1. The number of hydrogen-bond acceptors (Lipinski definition) is 3. The maximum atomic E-state index is 5.73. The molecule has 0 aromatic carbocycles. The first-order valence-corrected chi connectivity index (χ1v) is 6.02. The molecule has 2 aliphatic rings. The highest BCUT2D eigenvalue weighted by atomic mass is 15.2. The summed E-state index contributed by atoms with van der Waals surface area (Å²) in [5, 5.41) is 3.58. The Labute approximate surface area is 87.0 Å². The number of nitrogens with one attached hydrogen (secondary N) is 1. The highest BCUT2D eigenvalue weighted by molar-refractivity contribution is 4.88. The van der Waals surface area contributed by atoms with Crippen molar-refractivity contribution in [3.63, 3.8) is 0 Å². The van der Waals surface area contributed by atoms with E-state index in [1.165, 1.54) is 38.8 Å². The molecule has 3 N–H and O–H groups in total. The van der Waals surface area contributed by atoms with Gasteiger partial charge in [0.25, 0.3) is 0 Å². The molecular weight excluding hydrogens is 174 g/mol. The first-order valence-electron chi connectivity index (χ1n) is 6.02. The van der Waals surface area contributed by atoms with Crippen molar-refractivity contribution in [1.29, 1.82) is 0 Å². The lowest BCUT2D eigenvalue weighted by molar-refractivity contribution is 0.244. The molecular formula is C11H23N3. The molecule has 2 rings (SSSR count). The molecule has 2 saturated carbocycles. The van der Waals surface area contributed by atoms with E-state index in [1.807, 2.05) is 0 Å². The van der Waals surface area contributed by atoms with Crippen LogP contribution in [0.15, 0.2) is 0 Å². The van der Waals surface area contributed by atoms with E-state index in [2.05, 4.69) is 17.1 Å². The third kappa shape index (κ3) is 2.69. The second kappa shape index (κ2) is 4.60. The lowest BCUT2D eigenvalue weighted by Crippen LogP contribution is -2.50. The van der Waals surface area contributed by atoms with Crippen LogP contribution in [0.2, 0.25) is 0 Å². The highest BCUT2D eigenvalue weighted by Crippen LogP contribution is 2.26. The molecule has 0 aliphatic heterocycles. The second-order valence-corrected chi connectivity index (χ2v) is 4.74. The molecule has 0 aromatic rings. The normalized spacial score (nSPS) is 31.9. The topological polar surface area (TPSA) is 41.3 Å². The average Bonchev–Trinajstić information content (AvgIpc) is 2.92. The third-order valence-corrected chi connectivity index (χ3v) is 3.48. The van der Waals surface area contributed by atoms with Crippen molar-refractivity contribution in [2.24, 2.45) is 5.73 Å². The summed E-state index contributed by atoms with van der Waals surface area (Å²) in [6.45, 7) is 5.82. The van der Waals surface area contributed by atoms with Gasteiger partial charge in [-0.2, -0.15) is 0 Å². The van der Waals surface area contributed by atoms with E-state index in [4.69, 9.17) is 5.73 Å². The third-order valence-electron chi connectivity index (χ3n) is 3.48. The zero-order valence-corrected chi connectivity index (χ0v) is 9.21. The minimum absolute atomic E-state index is 0.471. The molecule has 0 saturated heterocycles. The maximum Gasteiger partial charge on any atom is 0.0110 e. The first kappa shape index (κ1) is 10.4. The minimum Gasteiger partial charge on any atom is -0.328 e. The van der Waals surface area contributed by atoms with Gasteiger partial charge in [-0.05, 0) is 32.2 Å². The number of rotatable bonds is 6. The molecule has 0 atom stereocenters. The van der Waals surface area contributed by atoms with Gasteiger partial charge in [0.05, 0.1) is 0 Å². The van der Waals surface area contributed by atoms with Gasteiger partial charge in [-0.1, -0.05) is 6.92 Å². The zero-order valence-electron chi connectivity index (χ0n) is 9.21. The molecule has 0 spiro atoms. The molecule has 2 fully saturated rings. The van der Waals surface area contributed by atoms with Gasteiger partial charge in [0.2, 0.25) is 0 Å². The Balaban J connectivity index is 1.53. The highest BCUT2D eigenvalue weighted by Gasteiger charge is 2.28. The molecule has 14 heavy (non-hydrogen) atoms. The predicted molar refractivity (Wildman–Crippen MR) is 59.3 cm³/mol. The summed E-state index contributed by atoms with van der Waals surface area (Å²) in [5.74, 6) is 0. The SMILES string of the molecule is CCN(CCNC1CC(N)C1)C1CC1. The van der Waals surface area contributed by atoms with E-state index in [0.717, 1.165) is 12.6 Å². The van der Waals surface area contributed by atoms with Crippen molar-refractivity contribution in [3.8, 4) is 0 Å². The van der Waals surface area contributed by atoms with Crippen molar-refractivity contribution in [1.82, 2.24) is 10.2 Å². The Kier molecular flexibility index (Phi) is 3.42. The van der Waals surface area contributed by atoms with Crippen LogP contribution in [-0.2, 0) is 0 Å². The molecule has 3 nitrogen and oxygen atoms in total. The fourth-order valence-electron chi connectivity index (χ4n) is 2.28. The lowest BCUT2D eigenvalue weighted by Gasteiger charge is -2.34. The lowest BCUT2D eigenvalue weighted by atomic mass is 9.88. The van der Waals surface area contributed by atoms with Gasteiger partial charge in [0.1, 0.15) is 0 Å². The Bertz CT molecular complexity index is 173. The van der Waals surface area contributed by atoms with Crippen molar-refractivity contribution in [2.45, 2.75) is 50.7 Å². The fraction of sp³-hybridized carbons (Fsp3) is 1.00. The smallest absolute Gasteiger partial charge is 0.0110 e. The predicted octanol–water partition coefficient (Wildman–Crippen LogP) is 0.550. The van der Waals surface area contributed by atoms with Gasteiger partial charge in [-0.15, -0.1) is 0 Å². The molecule has 0 aromatic heterocycles. The van der Waals surface area contributed by atoms with Crippen LogP contribution in [0.1, 0.15) is 32.6 Å². The summed E-state index contributed by atoms with van der Waals surface area (Å²) < 4.78 is 0. The quantitative estimate of drug-likeness (QED) is 0.653. The van der Waals surface area contributed by atoms with Crippen molar-refractivity contribution in [3.05, 3.63) is 0 Å². The average molecular weight is 197 g/mol. The molecule has 3 heteroatoms. The molecule has 2 aliphatic carbocycles. The number of nitrogens with two attached hydrogens (primary N) is 1. The summed E-state index contributed by atoms with van der Waals surface area (Å²) in [5.41, 5.74) is 5.73. The molecule has 0 heterocycles. The summed E-state index contributed by atoms with van der Waals surface area (Å²) in [4.78, 5) is 2.59. The van der Waals surface area contributed by atoms with Crippen molar-refractivity contribution in [2.75, 3.05) is 19.6 Å². The van der Waals surface area contributed by atoms with Crippen LogP contribution in [0.3, 0.4) is 0 Å². The molecule has 0 amide bonds. The Morgan fingerprint density at radius 2 is 2.07 bits per heavy atom. The van der Waals surface area contributed by atoms with Gasteiger partial charge in [-0.3, -0.25) is 4.90 Å². The molecule has 0 bridgehead atoms. The van der Waals surface area contributed by atoms with Crippen molar-refractivity contribution < 1.29 is 0 Å². The fourth-order valence-corrected chi connectivity index (χ4v) is 2.28. The monoisotopic (exact) mass is 197 g/mol. The van der Waals surface area contributed by atoms with Gasteiger partial charge in [-0.25, -0.2) is 0 Å². The Morgan fingerprint density at radius 3 is 2.57 bits per heavy atom. The van der Waals surface area contributed by atoms with Crippen molar-refractivity contribution >= 4 is 0 Å². The van der Waals surface area contributed by atoms with Gasteiger partial charge < -0.3 is 11.1 Å². The van der Waals surface area contributed by atoms with E-state index < -0.39 is 0 Å². The van der Waals surface area contributed by atoms with E-state index in [1.54, 1.807) is 0 Å². The van der Waals surface area contributed by atoms with Gasteiger partial charge in [0.15, 0.2) is 0 Å². The summed E-state index contributed by atoms with van der Waals surface area (Å²) in [6.07, 6.45) is 5.19. The van der Waals surface area contributed by atoms with Crippen LogP contribution in [0.5, 0.6) is 0 Å². The second-order valence-electron chi connectivity index (χ2n) is 4.74. The minimum atomic E-state index is 0.471. The summed E-state index contributed by atoms with van der Waals surface area (Å²) >= 11 is 0. The maximum absolute atomic E-state index is 5.73. The van der Waals surface area contributed by atoms with E-state index in [0.29, 0.717) is 12.1 Å². The summed E-state index contributed by atoms with van der Waals surface area (Å²) in [7, 11) is 0. The van der Waals surface area contributed by atoms with Gasteiger partial charge >= 0.3 is 0 Å². The molecule has 0 radical (unpaired) electrons. The number of nitrogens with zero attached hydrogens (tertiary/aromatic N) is 1. The van der Waals surface area contributed by atoms with Crippen LogP contribution in [0.25, 0.3) is 0 Å². The van der Waals surface area contributed by atoms with E-state index in [-0.39, 0.29) is 0 Å². The van der Waals surface area contributed by atoms with E-state index in [9.17, 15) is 0 Å². The Hall–Kier alpha value is -0.120. The standard InChI is InChI=1S/C11H23N3/c1-2-14(11-3-4-11)6-5-13-10-7-9(12)8-10/h9-11,13H,2-8,12H2,1H3. The Morgan fingerprint density at radius 1 is 1.36 bits per heavy atom. The van der Waals surface area contributed by atoms with Crippen LogP contribution in [-0.4, -0.2) is 42.7 Å². The molecule has 82 valence electrons. The molecule has 0 unspecified atom stereocenters. The summed E-state index contributed by atoms with van der Waals surface area (Å²) in [6, 6.07) is 2.09. The van der Waals surface area contributed by atoms with Gasteiger partial charge in [0, 0.05) is 31.2 Å². The number of hydrogen-bond donors (Lipinski definition) is 2. The largest absolute Gasteiger partial charge is 0.328 e. The van der Waals surface area contributed by atoms with Crippen LogP contribution < -0.4 is 11.1 Å². The van der Waals surface area contributed by atoms with Crippen LogP contribution >= 0.6 is 0 Å². The van der Waals surface area contributed by atoms with Crippen LogP contribution in [0, 0.1) is 0 Å². The van der Waals surface area contributed by atoms with Crippen LogP contribution in [0.4, 0.5) is 0 Å².